The van der Waals surface area contributed by atoms with Crippen LogP contribution in [0.1, 0.15) is 0 Å². The van der Waals surface area contributed by atoms with Gasteiger partial charge in [-0.3, -0.25) is 4.40 Å². The van der Waals surface area contributed by atoms with Crippen molar-refractivity contribution in [2.24, 2.45) is 0 Å². The minimum atomic E-state index is 0.590. The van der Waals surface area contributed by atoms with Gasteiger partial charge >= 0.3 is 0 Å². The zero-order chi connectivity index (χ0) is 12.0. The summed E-state index contributed by atoms with van der Waals surface area (Å²) in [4.78, 5) is 0. The lowest BCUT2D eigenvalue weighted by atomic mass is 10.3. The van der Waals surface area contributed by atoms with Crippen molar-refractivity contribution in [1.29, 1.82) is 0 Å². The second kappa shape index (κ2) is 3.87. The number of thiophene rings is 1. The third-order valence-corrected chi connectivity index (χ3v) is 3.81. The number of nitrogens with two attached hydrogens (primary N) is 1. The van der Waals surface area contributed by atoms with E-state index in [0.717, 1.165) is 5.56 Å². The summed E-state index contributed by atoms with van der Waals surface area (Å²) in [6.07, 6.45) is 1.76. The second-order valence-corrected chi connectivity index (χ2v) is 5.74. The Balaban J connectivity index is 2.30. The van der Waals surface area contributed by atoms with Gasteiger partial charge in [-0.05, 0) is 18.2 Å². The van der Waals surface area contributed by atoms with Crippen molar-refractivity contribution < 1.29 is 0 Å². The summed E-state index contributed by atoms with van der Waals surface area (Å²) in [7, 11) is 0. The molecule has 3 heterocycles. The first kappa shape index (κ1) is 10.8. The summed E-state index contributed by atoms with van der Waals surface area (Å²) in [6, 6.07) is 5.35. The minimum absolute atomic E-state index is 0.590. The Labute approximate surface area is 111 Å². The molecule has 17 heavy (non-hydrogen) atoms. The first-order chi connectivity index (χ1) is 8.15. The minimum Gasteiger partial charge on any atom is -0.398 e. The third kappa shape index (κ3) is 1.76. The predicted molar refractivity (Wildman–Crippen MR) is 70.7 cm³/mol. The van der Waals surface area contributed by atoms with Crippen molar-refractivity contribution in [1.82, 2.24) is 14.6 Å². The van der Waals surface area contributed by atoms with Crippen molar-refractivity contribution in [3.63, 3.8) is 0 Å². The molecule has 0 atom stereocenters. The fraction of sp³-hybridized carbons (Fsp3) is 0. The highest BCUT2D eigenvalue weighted by molar-refractivity contribution is 7.20. The fourth-order valence-corrected chi connectivity index (χ4v) is 3.04. The van der Waals surface area contributed by atoms with Gasteiger partial charge < -0.3 is 5.73 Å². The Morgan fingerprint density at radius 2 is 2.06 bits per heavy atom. The van der Waals surface area contributed by atoms with Gasteiger partial charge in [-0.15, -0.1) is 21.5 Å². The number of hydrogen-bond acceptors (Lipinski definition) is 4. The molecule has 0 aliphatic heterocycles. The van der Waals surface area contributed by atoms with Crippen LogP contribution in [-0.4, -0.2) is 14.6 Å². The largest absolute Gasteiger partial charge is 0.398 e. The Morgan fingerprint density at radius 3 is 2.76 bits per heavy atom. The monoisotopic (exact) mass is 284 g/mol. The quantitative estimate of drug-likeness (QED) is 0.746. The first-order valence-corrected chi connectivity index (χ1v) is 6.28. The molecule has 86 valence electrons. The van der Waals surface area contributed by atoms with Crippen LogP contribution in [0.3, 0.4) is 0 Å². The first-order valence-electron chi connectivity index (χ1n) is 4.70. The summed E-state index contributed by atoms with van der Waals surface area (Å²) in [5.74, 6) is 0.639. The molecule has 0 aliphatic carbocycles. The zero-order valence-corrected chi connectivity index (χ0v) is 10.7. The van der Waals surface area contributed by atoms with Gasteiger partial charge in [0.15, 0.2) is 11.5 Å². The van der Waals surface area contributed by atoms with Gasteiger partial charge in [-0.2, -0.15) is 0 Å². The van der Waals surface area contributed by atoms with Crippen molar-refractivity contribution in [2.45, 2.75) is 0 Å². The molecular weight excluding hydrogens is 279 g/mol. The van der Waals surface area contributed by atoms with E-state index in [1.165, 1.54) is 11.3 Å². The van der Waals surface area contributed by atoms with E-state index in [2.05, 4.69) is 10.2 Å². The van der Waals surface area contributed by atoms with Crippen LogP contribution >= 0.6 is 34.5 Å². The molecule has 7 heteroatoms. The van der Waals surface area contributed by atoms with Gasteiger partial charge in [0.25, 0.3) is 0 Å². The number of nitrogen functional groups attached to an aromatic ring is 1. The van der Waals surface area contributed by atoms with Crippen molar-refractivity contribution >= 4 is 45.9 Å². The zero-order valence-electron chi connectivity index (χ0n) is 8.39. The molecule has 0 unspecified atom stereocenters. The molecular formula is C10H6Cl2N4S. The highest BCUT2D eigenvalue weighted by Crippen LogP contribution is 2.37. The lowest BCUT2D eigenvalue weighted by molar-refractivity contribution is 1.11. The molecule has 3 aromatic heterocycles. The van der Waals surface area contributed by atoms with Crippen LogP contribution in [-0.2, 0) is 0 Å². The molecule has 0 spiro atoms. The molecule has 3 aromatic rings. The normalized spacial score (nSPS) is 11.2. The van der Waals surface area contributed by atoms with E-state index in [4.69, 9.17) is 28.9 Å². The molecule has 0 fully saturated rings. The van der Waals surface area contributed by atoms with Crippen LogP contribution in [0.4, 0.5) is 5.69 Å². The number of fused-ring (bicyclic) bond motifs is 1. The van der Waals surface area contributed by atoms with Crippen molar-refractivity contribution in [2.75, 3.05) is 5.73 Å². The number of nitrogens with zero attached hydrogens (tertiary/aromatic N) is 3. The maximum Gasteiger partial charge on any atom is 0.170 e. The third-order valence-electron chi connectivity index (χ3n) is 2.32. The number of aromatic nitrogens is 3. The van der Waals surface area contributed by atoms with Gasteiger partial charge in [0, 0.05) is 11.9 Å². The Hall–Kier alpha value is -1.30. The van der Waals surface area contributed by atoms with Gasteiger partial charge in [-0.1, -0.05) is 23.2 Å². The molecule has 0 aliphatic rings. The topological polar surface area (TPSA) is 56.2 Å². The Morgan fingerprint density at radius 1 is 1.24 bits per heavy atom. The highest BCUT2D eigenvalue weighted by Gasteiger charge is 2.14. The second-order valence-electron chi connectivity index (χ2n) is 3.45. The van der Waals surface area contributed by atoms with Crippen molar-refractivity contribution in [3.8, 4) is 11.4 Å². The number of anilines is 1. The molecule has 3 rings (SSSR count). The van der Waals surface area contributed by atoms with E-state index < -0.39 is 0 Å². The average Bonchev–Trinajstić information content (AvgIpc) is 2.81. The van der Waals surface area contributed by atoms with E-state index in [9.17, 15) is 0 Å². The van der Waals surface area contributed by atoms with Crippen LogP contribution in [0.15, 0.2) is 24.4 Å². The highest BCUT2D eigenvalue weighted by atomic mass is 35.5. The maximum atomic E-state index is 6.10. The van der Waals surface area contributed by atoms with E-state index in [1.807, 2.05) is 0 Å². The number of hydrogen-bond donors (Lipinski definition) is 1. The molecule has 0 saturated heterocycles. The summed E-state index contributed by atoms with van der Waals surface area (Å²) < 4.78 is 3.00. The van der Waals surface area contributed by atoms with Gasteiger partial charge in [0.2, 0.25) is 0 Å². The molecule has 0 saturated carbocycles. The van der Waals surface area contributed by atoms with Crippen LogP contribution in [0.2, 0.25) is 8.67 Å². The van der Waals surface area contributed by atoms with Gasteiger partial charge in [-0.25, -0.2) is 0 Å². The number of pyridine rings is 1. The Bertz CT molecular complexity index is 703. The van der Waals surface area contributed by atoms with Crippen LogP contribution < -0.4 is 5.73 Å². The van der Waals surface area contributed by atoms with Crippen LogP contribution in [0.5, 0.6) is 0 Å². The fourth-order valence-electron chi connectivity index (χ4n) is 1.58. The van der Waals surface area contributed by atoms with E-state index in [1.54, 1.807) is 28.8 Å². The summed E-state index contributed by atoms with van der Waals surface area (Å²) in [5.41, 5.74) is 7.85. The summed E-state index contributed by atoms with van der Waals surface area (Å²) in [5, 5.41) is 8.15. The SMILES string of the molecule is Nc1ccc2nnc(-c3cc(Cl)sc3Cl)n2c1. The molecule has 2 N–H and O–H groups in total. The van der Waals surface area contributed by atoms with Gasteiger partial charge in [0.05, 0.1) is 9.90 Å². The molecule has 0 aromatic carbocycles. The predicted octanol–water partition coefficient (Wildman–Crippen LogP) is 3.35. The molecule has 0 bridgehead atoms. The maximum absolute atomic E-state index is 6.10. The lowest BCUT2D eigenvalue weighted by Gasteiger charge is -1.99. The Kier molecular flexibility index (Phi) is 2.47. The van der Waals surface area contributed by atoms with E-state index >= 15 is 0 Å². The smallest absolute Gasteiger partial charge is 0.170 e. The van der Waals surface area contributed by atoms with E-state index in [0.29, 0.717) is 25.8 Å². The van der Waals surface area contributed by atoms with E-state index in [-0.39, 0.29) is 0 Å². The summed E-state index contributed by atoms with van der Waals surface area (Å²) >= 11 is 13.3. The average molecular weight is 285 g/mol. The summed E-state index contributed by atoms with van der Waals surface area (Å²) in [6.45, 7) is 0. The van der Waals surface area contributed by atoms with Gasteiger partial charge in [0.1, 0.15) is 4.34 Å². The molecule has 0 amide bonds. The number of halogens is 2. The number of rotatable bonds is 1. The molecule has 0 radical (unpaired) electrons. The van der Waals surface area contributed by atoms with Crippen LogP contribution in [0, 0.1) is 0 Å². The lowest BCUT2D eigenvalue weighted by Crippen LogP contribution is -1.92. The standard InChI is InChI=1S/C10H6Cl2N4S/c11-7-3-6(9(12)17-7)10-15-14-8-2-1-5(13)4-16(8)10/h1-4H,13H2. The van der Waals surface area contributed by atoms with Crippen LogP contribution in [0.25, 0.3) is 17.0 Å². The molecule has 4 nitrogen and oxygen atoms in total. The van der Waals surface area contributed by atoms with Crippen molar-refractivity contribution in [3.05, 3.63) is 33.1 Å².